The van der Waals surface area contributed by atoms with Crippen molar-refractivity contribution in [2.45, 2.75) is 20.0 Å². The molecule has 2 aromatic carbocycles. The van der Waals surface area contributed by atoms with Crippen LogP contribution in [0.2, 0.25) is 0 Å². The zero-order valence-corrected chi connectivity index (χ0v) is 15.5. The van der Waals surface area contributed by atoms with E-state index in [-0.39, 0.29) is 5.91 Å². The second kappa shape index (κ2) is 8.85. The van der Waals surface area contributed by atoms with Crippen molar-refractivity contribution in [2.24, 2.45) is 0 Å². The molecule has 0 unspecified atom stereocenters. The van der Waals surface area contributed by atoms with Crippen molar-refractivity contribution in [3.63, 3.8) is 0 Å². The zero-order chi connectivity index (χ0) is 19.1. The molecule has 0 saturated carbocycles. The Kier molecular flexibility index (Phi) is 6.05. The maximum absolute atomic E-state index is 12.4. The SMILES string of the molecule is COc1ccc(CNc2cc(C(=O)NCc3ccccc3C)ccn2)cc1. The largest absolute Gasteiger partial charge is 0.497 e. The lowest BCUT2D eigenvalue weighted by atomic mass is 10.1. The molecule has 1 heterocycles. The standard InChI is InChI=1S/C22H23N3O2/c1-16-5-3-4-6-19(16)15-25-22(26)18-11-12-23-21(13-18)24-14-17-7-9-20(27-2)10-8-17/h3-13H,14-15H2,1-2H3,(H,23,24)(H,25,26). The van der Waals surface area contributed by atoms with E-state index in [1.807, 2.05) is 55.5 Å². The molecule has 0 radical (unpaired) electrons. The summed E-state index contributed by atoms with van der Waals surface area (Å²) in [6, 6.07) is 19.3. The van der Waals surface area contributed by atoms with Crippen LogP contribution in [0.3, 0.4) is 0 Å². The molecule has 2 N–H and O–H groups in total. The smallest absolute Gasteiger partial charge is 0.251 e. The average molecular weight is 361 g/mol. The van der Waals surface area contributed by atoms with E-state index in [9.17, 15) is 4.79 Å². The maximum Gasteiger partial charge on any atom is 0.251 e. The number of hydrogen-bond acceptors (Lipinski definition) is 4. The predicted octanol–water partition coefficient (Wildman–Crippen LogP) is 3.94. The number of amides is 1. The van der Waals surface area contributed by atoms with Crippen molar-refractivity contribution in [3.05, 3.63) is 89.1 Å². The van der Waals surface area contributed by atoms with Crippen LogP contribution >= 0.6 is 0 Å². The van der Waals surface area contributed by atoms with Crippen molar-refractivity contribution in [3.8, 4) is 5.75 Å². The van der Waals surface area contributed by atoms with Gasteiger partial charge in [-0.15, -0.1) is 0 Å². The van der Waals surface area contributed by atoms with E-state index in [1.54, 1.807) is 25.4 Å². The van der Waals surface area contributed by atoms with E-state index in [0.29, 0.717) is 24.5 Å². The Morgan fingerprint density at radius 3 is 2.56 bits per heavy atom. The second-order valence-corrected chi connectivity index (χ2v) is 6.24. The van der Waals surface area contributed by atoms with Gasteiger partial charge in [-0.2, -0.15) is 0 Å². The van der Waals surface area contributed by atoms with Crippen molar-refractivity contribution >= 4 is 11.7 Å². The van der Waals surface area contributed by atoms with Gasteiger partial charge in [-0.1, -0.05) is 36.4 Å². The van der Waals surface area contributed by atoms with Gasteiger partial charge in [-0.3, -0.25) is 4.79 Å². The first-order valence-electron chi connectivity index (χ1n) is 8.81. The number of carbonyl (C=O) groups excluding carboxylic acids is 1. The number of pyridine rings is 1. The van der Waals surface area contributed by atoms with E-state index in [4.69, 9.17) is 4.74 Å². The fourth-order valence-electron chi connectivity index (χ4n) is 2.69. The molecular weight excluding hydrogens is 338 g/mol. The molecular formula is C22H23N3O2. The number of nitrogens with one attached hydrogen (secondary N) is 2. The minimum Gasteiger partial charge on any atom is -0.497 e. The molecule has 27 heavy (non-hydrogen) atoms. The van der Waals surface area contributed by atoms with Gasteiger partial charge in [0.2, 0.25) is 0 Å². The molecule has 0 aliphatic rings. The first kappa shape index (κ1) is 18.5. The first-order chi connectivity index (χ1) is 13.2. The third-order valence-electron chi connectivity index (χ3n) is 4.36. The van der Waals surface area contributed by atoms with Gasteiger partial charge in [-0.25, -0.2) is 4.98 Å². The number of methoxy groups -OCH3 is 1. The third kappa shape index (κ3) is 5.07. The van der Waals surface area contributed by atoms with Gasteiger partial charge in [0.05, 0.1) is 7.11 Å². The molecule has 3 rings (SSSR count). The number of aryl methyl sites for hydroxylation is 1. The quantitative estimate of drug-likeness (QED) is 0.669. The Morgan fingerprint density at radius 2 is 1.81 bits per heavy atom. The van der Waals surface area contributed by atoms with Crippen LogP contribution in [0.25, 0.3) is 0 Å². The van der Waals surface area contributed by atoms with Crippen LogP contribution in [0.15, 0.2) is 66.9 Å². The molecule has 0 spiro atoms. The van der Waals surface area contributed by atoms with Crippen LogP contribution in [-0.2, 0) is 13.1 Å². The number of hydrogen-bond donors (Lipinski definition) is 2. The summed E-state index contributed by atoms with van der Waals surface area (Å²) in [4.78, 5) is 16.7. The number of anilines is 1. The Morgan fingerprint density at radius 1 is 1.04 bits per heavy atom. The summed E-state index contributed by atoms with van der Waals surface area (Å²) in [5.74, 6) is 1.37. The highest BCUT2D eigenvalue weighted by Gasteiger charge is 2.07. The summed E-state index contributed by atoms with van der Waals surface area (Å²) in [6.45, 7) is 3.16. The van der Waals surface area contributed by atoms with Crippen LogP contribution in [0.5, 0.6) is 5.75 Å². The molecule has 0 fully saturated rings. The van der Waals surface area contributed by atoms with Crippen molar-refractivity contribution in [1.82, 2.24) is 10.3 Å². The number of aromatic nitrogens is 1. The Bertz CT molecular complexity index is 907. The molecule has 0 saturated heterocycles. The Hall–Kier alpha value is -3.34. The molecule has 1 aromatic heterocycles. The summed E-state index contributed by atoms with van der Waals surface area (Å²) in [5.41, 5.74) is 3.95. The number of benzene rings is 2. The normalized spacial score (nSPS) is 10.3. The van der Waals surface area contributed by atoms with Gasteiger partial charge < -0.3 is 15.4 Å². The van der Waals surface area contributed by atoms with Gasteiger partial charge in [0.25, 0.3) is 5.91 Å². The summed E-state index contributed by atoms with van der Waals surface area (Å²) >= 11 is 0. The van der Waals surface area contributed by atoms with Crippen LogP contribution in [0, 0.1) is 6.92 Å². The molecule has 3 aromatic rings. The molecule has 0 atom stereocenters. The van der Waals surface area contributed by atoms with Crippen LogP contribution in [0.1, 0.15) is 27.0 Å². The van der Waals surface area contributed by atoms with Gasteiger partial charge >= 0.3 is 0 Å². The summed E-state index contributed by atoms with van der Waals surface area (Å²) < 4.78 is 5.16. The monoisotopic (exact) mass is 361 g/mol. The lowest BCUT2D eigenvalue weighted by molar-refractivity contribution is 0.0951. The van der Waals surface area contributed by atoms with Crippen LogP contribution in [0.4, 0.5) is 5.82 Å². The van der Waals surface area contributed by atoms with Gasteiger partial charge in [0.15, 0.2) is 0 Å². The topological polar surface area (TPSA) is 63.2 Å². The molecule has 1 amide bonds. The fraction of sp³-hybridized carbons (Fsp3) is 0.182. The number of rotatable bonds is 7. The molecule has 138 valence electrons. The molecule has 0 aliphatic carbocycles. The van der Waals surface area contributed by atoms with Crippen molar-refractivity contribution < 1.29 is 9.53 Å². The second-order valence-electron chi connectivity index (χ2n) is 6.24. The van der Waals surface area contributed by atoms with E-state index in [2.05, 4.69) is 15.6 Å². The lowest BCUT2D eigenvalue weighted by Gasteiger charge is -2.10. The first-order valence-corrected chi connectivity index (χ1v) is 8.81. The maximum atomic E-state index is 12.4. The van der Waals surface area contributed by atoms with Gasteiger partial charge in [-0.05, 0) is 47.9 Å². The number of ether oxygens (including phenoxy) is 1. The fourth-order valence-corrected chi connectivity index (χ4v) is 2.69. The molecule has 5 heteroatoms. The summed E-state index contributed by atoms with van der Waals surface area (Å²) in [5, 5.41) is 6.21. The number of carbonyl (C=O) groups is 1. The highest BCUT2D eigenvalue weighted by Crippen LogP contribution is 2.14. The molecule has 0 bridgehead atoms. The summed E-state index contributed by atoms with van der Waals surface area (Å²) in [7, 11) is 1.65. The van der Waals surface area contributed by atoms with Gasteiger partial charge in [0.1, 0.15) is 11.6 Å². The highest BCUT2D eigenvalue weighted by molar-refractivity contribution is 5.94. The molecule has 0 aliphatic heterocycles. The van der Waals surface area contributed by atoms with E-state index in [0.717, 1.165) is 22.4 Å². The van der Waals surface area contributed by atoms with Crippen molar-refractivity contribution in [2.75, 3.05) is 12.4 Å². The van der Waals surface area contributed by atoms with Crippen LogP contribution in [-0.4, -0.2) is 18.0 Å². The van der Waals surface area contributed by atoms with Gasteiger partial charge in [0, 0.05) is 24.8 Å². The minimum absolute atomic E-state index is 0.117. The van der Waals surface area contributed by atoms with E-state index < -0.39 is 0 Å². The third-order valence-corrected chi connectivity index (χ3v) is 4.36. The Labute approximate surface area is 159 Å². The average Bonchev–Trinajstić information content (AvgIpc) is 2.72. The zero-order valence-electron chi connectivity index (χ0n) is 15.5. The van der Waals surface area contributed by atoms with E-state index >= 15 is 0 Å². The van der Waals surface area contributed by atoms with E-state index in [1.165, 1.54) is 0 Å². The van der Waals surface area contributed by atoms with Crippen LogP contribution < -0.4 is 15.4 Å². The Balaban J connectivity index is 1.58. The highest BCUT2D eigenvalue weighted by atomic mass is 16.5. The van der Waals surface area contributed by atoms with Crippen molar-refractivity contribution in [1.29, 1.82) is 0 Å². The number of nitrogens with zero attached hydrogens (tertiary/aromatic N) is 1. The minimum atomic E-state index is -0.117. The predicted molar refractivity (Wildman–Crippen MR) is 107 cm³/mol. The lowest BCUT2D eigenvalue weighted by Crippen LogP contribution is -2.23. The summed E-state index contributed by atoms with van der Waals surface area (Å²) in [6.07, 6.45) is 1.64. The molecule has 5 nitrogen and oxygen atoms in total.